The molecule has 0 fully saturated rings. The number of hydrogen-bond acceptors (Lipinski definition) is 8. The van der Waals surface area contributed by atoms with Gasteiger partial charge in [0.05, 0.1) is 17.9 Å². The van der Waals surface area contributed by atoms with Gasteiger partial charge in [0.2, 0.25) is 0 Å². The van der Waals surface area contributed by atoms with Crippen LogP contribution in [-0.4, -0.2) is 31.5 Å². The maximum Gasteiger partial charge on any atom is 0.534 e. The minimum atomic E-state index is -5.91. The molecule has 0 N–H and O–H groups in total. The number of nitrogens with zero attached hydrogens (tertiary/aromatic N) is 2. The summed E-state index contributed by atoms with van der Waals surface area (Å²) in [4.78, 5) is 16.3. The lowest BCUT2D eigenvalue weighted by molar-refractivity contribution is -0.0500. The molecule has 0 unspecified atom stereocenters. The third-order valence-electron chi connectivity index (χ3n) is 3.09. The van der Waals surface area contributed by atoms with Crippen LogP contribution in [0, 0.1) is 18.3 Å². The third kappa shape index (κ3) is 4.37. The molecule has 0 aliphatic heterocycles. The first kappa shape index (κ1) is 20.7. The van der Waals surface area contributed by atoms with Gasteiger partial charge in [-0.25, -0.2) is 9.78 Å². The zero-order chi connectivity index (χ0) is 20.4. The zero-order valence-electron chi connectivity index (χ0n) is 13.8. The lowest BCUT2D eigenvalue weighted by Gasteiger charge is -2.10. The van der Waals surface area contributed by atoms with Crippen LogP contribution in [0.15, 0.2) is 18.2 Å². The number of thiazole rings is 1. The van der Waals surface area contributed by atoms with E-state index >= 15 is 0 Å². The highest BCUT2D eigenvalue weighted by molar-refractivity contribution is 7.88. The summed E-state index contributed by atoms with van der Waals surface area (Å²) in [5.41, 5.74) is -5.39. The minimum absolute atomic E-state index is 0.170. The largest absolute Gasteiger partial charge is 0.534 e. The van der Waals surface area contributed by atoms with Gasteiger partial charge in [0, 0.05) is 5.56 Å². The summed E-state index contributed by atoms with van der Waals surface area (Å²) in [6.07, 6.45) is 0. The average Bonchev–Trinajstić information content (AvgIpc) is 2.96. The average molecular weight is 420 g/mol. The first-order chi connectivity index (χ1) is 12.5. The van der Waals surface area contributed by atoms with Crippen molar-refractivity contribution in [3.8, 4) is 22.4 Å². The number of halogens is 3. The number of alkyl halides is 3. The summed E-state index contributed by atoms with van der Waals surface area (Å²) in [5.74, 6) is -1.34. The molecule has 0 aliphatic carbocycles. The Hall–Kier alpha value is -2.65. The number of carbonyl (C=O) groups excluding carboxylic acids is 1. The van der Waals surface area contributed by atoms with Crippen molar-refractivity contribution in [3.05, 3.63) is 34.3 Å². The summed E-state index contributed by atoms with van der Waals surface area (Å²) in [6, 6.07) is 4.84. The van der Waals surface area contributed by atoms with Crippen molar-refractivity contribution in [1.82, 2.24) is 4.98 Å². The second-order valence-electron chi connectivity index (χ2n) is 4.96. The Kier molecular flexibility index (Phi) is 5.76. The Bertz CT molecular complexity index is 1020. The number of rotatable bonds is 5. The smallest absolute Gasteiger partial charge is 0.462 e. The summed E-state index contributed by atoms with van der Waals surface area (Å²) >= 11 is 0.969. The highest BCUT2D eigenvalue weighted by Gasteiger charge is 2.48. The van der Waals surface area contributed by atoms with E-state index in [0.717, 1.165) is 23.5 Å². The van der Waals surface area contributed by atoms with Crippen molar-refractivity contribution >= 4 is 27.4 Å². The first-order valence-electron chi connectivity index (χ1n) is 7.20. The van der Waals surface area contributed by atoms with Gasteiger partial charge in [-0.3, -0.25) is 0 Å². The number of benzene rings is 1. The summed E-state index contributed by atoms with van der Waals surface area (Å²) in [5, 5.41) is 9.41. The molecule has 144 valence electrons. The van der Waals surface area contributed by atoms with Gasteiger partial charge in [-0.1, -0.05) is 0 Å². The Morgan fingerprint density at radius 1 is 1.37 bits per heavy atom. The highest BCUT2D eigenvalue weighted by atomic mass is 32.2. The highest BCUT2D eigenvalue weighted by Crippen LogP contribution is 2.33. The third-order valence-corrected chi connectivity index (χ3v) is 5.24. The van der Waals surface area contributed by atoms with E-state index in [2.05, 4.69) is 9.17 Å². The molecule has 0 radical (unpaired) electrons. The fraction of sp³-hybridized carbons (Fsp3) is 0.267. The Balaban J connectivity index is 2.42. The number of hydrogen-bond donors (Lipinski definition) is 0. The van der Waals surface area contributed by atoms with Crippen LogP contribution in [0.5, 0.6) is 5.75 Å². The molecule has 0 aliphatic rings. The molecular formula is C15H11F3N2O5S2. The van der Waals surface area contributed by atoms with E-state index in [1.54, 1.807) is 19.9 Å². The first-order valence-corrected chi connectivity index (χ1v) is 9.42. The van der Waals surface area contributed by atoms with Crippen LogP contribution < -0.4 is 4.18 Å². The van der Waals surface area contributed by atoms with Crippen LogP contribution in [0.2, 0.25) is 0 Å². The van der Waals surface area contributed by atoms with Crippen molar-refractivity contribution in [1.29, 1.82) is 5.26 Å². The molecule has 0 saturated carbocycles. The number of aromatic nitrogens is 1. The van der Waals surface area contributed by atoms with Crippen LogP contribution in [0.4, 0.5) is 13.2 Å². The summed E-state index contributed by atoms with van der Waals surface area (Å²) < 4.78 is 68.4. The van der Waals surface area contributed by atoms with Crippen LogP contribution in [0.1, 0.15) is 27.9 Å². The number of aryl methyl sites for hydroxylation is 1. The van der Waals surface area contributed by atoms with Crippen LogP contribution >= 0.6 is 11.3 Å². The van der Waals surface area contributed by atoms with E-state index in [1.165, 1.54) is 6.07 Å². The van der Waals surface area contributed by atoms with E-state index in [0.29, 0.717) is 16.3 Å². The minimum Gasteiger partial charge on any atom is -0.462 e. The van der Waals surface area contributed by atoms with Crippen LogP contribution in [0.3, 0.4) is 0 Å². The number of ether oxygens (including phenoxy) is 1. The number of carbonyl (C=O) groups is 1. The lowest BCUT2D eigenvalue weighted by Crippen LogP contribution is -2.28. The molecule has 2 aromatic rings. The van der Waals surface area contributed by atoms with E-state index in [4.69, 9.17) is 10.00 Å². The van der Waals surface area contributed by atoms with Gasteiger partial charge in [-0.15, -0.1) is 11.3 Å². The quantitative estimate of drug-likeness (QED) is 0.415. The molecular weight excluding hydrogens is 409 g/mol. The van der Waals surface area contributed by atoms with Gasteiger partial charge in [0.15, 0.2) is 5.75 Å². The second-order valence-corrected chi connectivity index (χ2v) is 7.50. The fourth-order valence-corrected chi connectivity index (χ4v) is 3.33. The summed E-state index contributed by atoms with van der Waals surface area (Å²) in [7, 11) is -5.91. The topological polar surface area (TPSA) is 106 Å². The maximum atomic E-state index is 12.4. The Morgan fingerprint density at radius 2 is 2.04 bits per heavy atom. The second kappa shape index (κ2) is 7.53. The fourth-order valence-electron chi connectivity index (χ4n) is 1.89. The molecule has 1 aromatic carbocycles. The number of esters is 1. The van der Waals surface area contributed by atoms with Crippen molar-refractivity contribution in [2.75, 3.05) is 6.61 Å². The molecule has 1 heterocycles. The van der Waals surface area contributed by atoms with E-state index in [9.17, 15) is 26.4 Å². The monoisotopic (exact) mass is 420 g/mol. The molecule has 0 atom stereocenters. The summed E-state index contributed by atoms with van der Waals surface area (Å²) in [6.45, 7) is 3.39. The van der Waals surface area contributed by atoms with Gasteiger partial charge < -0.3 is 8.92 Å². The van der Waals surface area contributed by atoms with Gasteiger partial charge >= 0.3 is 21.6 Å². The predicted molar refractivity (Wildman–Crippen MR) is 88.6 cm³/mol. The van der Waals surface area contributed by atoms with Crippen LogP contribution in [-0.2, 0) is 14.9 Å². The van der Waals surface area contributed by atoms with Crippen molar-refractivity contribution in [2.24, 2.45) is 0 Å². The maximum absolute atomic E-state index is 12.4. The van der Waals surface area contributed by atoms with Gasteiger partial charge in [0.1, 0.15) is 16.0 Å². The molecule has 2 rings (SSSR count). The molecule has 0 spiro atoms. The molecule has 0 amide bonds. The van der Waals surface area contributed by atoms with Crippen molar-refractivity contribution in [3.63, 3.8) is 0 Å². The molecule has 12 heteroatoms. The molecule has 27 heavy (non-hydrogen) atoms. The van der Waals surface area contributed by atoms with E-state index < -0.39 is 32.9 Å². The normalized spacial score (nSPS) is 11.7. The van der Waals surface area contributed by atoms with Crippen molar-refractivity contribution < 1.29 is 35.3 Å². The molecule has 0 bridgehead atoms. The number of nitriles is 1. The molecule has 0 saturated heterocycles. The van der Waals surface area contributed by atoms with Gasteiger partial charge in [0.25, 0.3) is 0 Å². The van der Waals surface area contributed by atoms with Gasteiger partial charge in [-0.2, -0.15) is 26.9 Å². The van der Waals surface area contributed by atoms with Crippen molar-refractivity contribution in [2.45, 2.75) is 19.4 Å². The van der Waals surface area contributed by atoms with E-state index in [-0.39, 0.29) is 11.5 Å². The lowest BCUT2D eigenvalue weighted by atomic mass is 10.1. The Labute approximate surface area is 156 Å². The standard InChI is InChI=1S/C15H11F3N2O5S2/c1-3-24-14(21)12-8(2)20-13(26-12)9-4-5-11(10(6-9)7-19)25-27(22,23)15(16,17)18/h4-6H,3H2,1-2H3. The predicted octanol–water partition coefficient (Wildman–Crippen LogP) is 3.40. The SMILES string of the molecule is CCOC(=O)c1sc(-c2ccc(OS(=O)(=O)C(F)(F)F)c(C#N)c2)nc1C. The molecule has 7 nitrogen and oxygen atoms in total. The van der Waals surface area contributed by atoms with Crippen LogP contribution in [0.25, 0.3) is 10.6 Å². The Morgan fingerprint density at radius 3 is 2.59 bits per heavy atom. The molecule has 1 aromatic heterocycles. The van der Waals surface area contributed by atoms with E-state index in [1.807, 2.05) is 0 Å². The van der Waals surface area contributed by atoms with Gasteiger partial charge in [-0.05, 0) is 32.0 Å². The zero-order valence-corrected chi connectivity index (χ0v) is 15.5.